The van der Waals surface area contributed by atoms with E-state index in [2.05, 4.69) is 5.16 Å². The number of oxime groups is 1. The van der Waals surface area contributed by atoms with Crippen LogP contribution in [0.5, 0.6) is 0 Å². The molecule has 0 radical (unpaired) electrons. The van der Waals surface area contributed by atoms with Gasteiger partial charge in [-0.15, -0.1) is 11.3 Å². The lowest BCUT2D eigenvalue weighted by molar-refractivity contribution is 0.0946. The van der Waals surface area contributed by atoms with Gasteiger partial charge in [-0.2, -0.15) is 0 Å². The second-order valence-corrected chi connectivity index (χ2v) is 3.59. The zero-order valence-electron chi connectivity index (χ0n) is 7.30. The Labute approximate surface area is 80.6 Å². The van der Waals surface area contributed by atoms with Crippen LogP contribution in [0.15, 0.2) is 22.7 Å². The van der Waals surface area contributed by atoms with Crippen molar-refractivity contribution in [1.29, 1.82) is 0 Å². The molecule has 1 heterocycles. The number of nitrogens with zero attached hydrogens (tertiary/aromatic N) is 1. The molecule has 4 nitrogen and oxygen atoms in total. The average molecular weight is 200 g/mol. The van der Waals surface area contributed by atoms with Gasteiger partial charge in [0.25, 0.3) is 0 Å². The van der Waals surface area contributed by atoms with Crippen molar-refractivity contribution < 1.29 is 9.94 Å². The fourth-order valence-electron chi connectivity index (χ4n) is 0.769. The summed E-state index contributed by atoms with van der Waals surface area (Å²) in [5.41, 5.74) is 5.33. The van der Waals surface area contributed by atoms with E-state index in [0.717, 1.165) is 4.88 Å². The van der Waals surface area contributed by atoms with Gasteiger partial charge in [0.05, 0.1) is 6.61 Å². The molecule has 0 aliphatic heterocycles. The lowest BCUT2D eigenvalue weighted by Gasteiger charge is -2.09. The van der Waals surface area contributed by atoms with Crippen LogP contribution in [0.1, 0.15) is 11.8 Å². The molecule has 3 N–H and O–H groups in total. The van der Waals surface area contributed by atoms with Crippen LogP contribution in [-0.2, 0) is 11.3 Å². The highest BCUT2D eigenvalue weighted by atomic mass is 32.1. The molecule has 0 spiro atoms. The molecule has 1 aromatic rings. The van der Waals surface area contributed by atoms with E-state index in [1.807, 2.05) is 17.5 Å². The number of rotatable bonds is 4. The van der Waals surface area contributed by atoms with Gasteiger partial charge >= 0.3 is 0 Å². The molecular formula is C8H12N2O2S. The zero-order chi connectivity index (χ0) is 9.68. The summed E-state index contributed by atoms with van der Waals surface area (Å²) in [6.07, 6.45) is -0.355. The van der Waals surface area contributed by atoms with Gasteiger partial charge < -0.3 is 15.7 Å². The van der Waals surface area contributed by atoms with Crippen LogP contribution in [-0.4, -0.2) is 17.1 Å². The Hall–Kier alpha value is -1.07. The van der Waals surface area contributed by atoms with E-state index in [0.29, 0.717) is 6.61 Å². The molecule has 0 aliphatic rings. The summed E-state index contributed by atoms with van der Waals surface area (Å²) in [5.74, 6) is 0.0940. The van der Waals surface area contributed by atoms with Crippen molar-refractivity contribution >= 4 is 17.2 Å². The van der Waals surface area contributed by atoms with Gasteiger partial charge in [-0.05, 0) is 18.4 Å². The first-order chi connectivity index (χ1) is 6.24. The first-order valence-electron chi connectivity index (χ1n) is 3.85. The van der Waals surface area contributed by atoms with Crippen LogP contribution in [0.4, 0.5) is 0 Å². The van der Waals surface area contributed by atoms with Crippen molar-refractivity contribution in [3.05, 3.63) is 22.4 Å². The van der Waals surface area contributed by atoms with Crippen LogP contribution in [0.25, 0.3) is 0 Å². The van der Waals surface area contributed by atoms with Gasteiger partial charge in [-0.3, -0.25) is 0 Å². The number of hydrogen-bond donors (Lipinski definition) is 2. The Morgan fingerprint density at radius 2 is 2.62 bits per heavy atom. The van der Waals surface area contributed by atoms with Crippen LogP contribution >= 0.6 is 11.3 Å². The van der Waals surface area contributed by atoms with Gasteiger partial charge in [0.2, 0.25) is 0 Å². The van der Waals surface area contributed by atoms with Gasteiger partial charge in [-0.25, -0.2) is 0 Å². The van der Waals surface area contributed by atoms with Gasteiger partial charge in [0.1, 0.15) is 6.10 Å². The smallest absolute Gasteiger partial charge is 0.168 e. The van der Waals surface area contributed by atoms with E-state index in [9.17, 15) is 0 Å². The van der Waals surface area contributed by atoms with E-state index in [4.69, 9.17) is 15.7 Å². The predicted octanol–water partition coefficient (Wildman–Crippen LogP) is 1.40. The molecule has 0 fully saturated rings. The summed E-state index contributed by atoms with van der Waals surface area (Å²) in [4.78, 5) is 1.12. The SMILES string of the molecule is CC(OCc1cccs1)C(N)=NO. The molecular weight excluding hydrogens is 188 g/mol. The molecule has 1 aromatic heterocycles. The highest BCUT2D eigenvalue weighted by Crippen LogP contribution is 2.10. The third-order valence-electron chi connectivity index (χ3n) is 1.59. The summed E-state index contributed by atoms with van der Waals surface area (Å²) < 4.78 is 5.33. The number of amidine groups is 1. The van der Waals surface area contributed by atoms with Gasteiger partial charge in [-0.1, -0.05) is 11.2 Å². The maximum absolute atomic E-state index is 8.35. The molecule has 0 aromatic carbocycles. The maximum Gasteiger partial charge on any atom is 0.168 e. The maximum atomic E-state index is 8.35. The van der Waals surface area contributed by atoms with E-state index >= 15 is 0 Å². The van der Waals surface area contributed by atoms with Gasteiger partial charge in [0.15, 0.2) is 5.84 Å². The number of hydrogen-bond acceptors (Lipinski definition) is 4. The second-order valence-electron chi connectivity index (χ2n) is 2.56. The average Bonchev–Trinajstić information content (AvgIpc) is 2.65. The fraction of sp³-hybridized carbons (Fsp3) is 0.375. The van der Waals surface area contributed by atoms with Crippen molar-refractivity contribution in [3.8, 4) is 0 Å². The lowest BCUT2D eigenvalue weighted by atomic mass is 10.4. The molecule has 72 valence electrons. The largest absolute Gasteiger partial charge is 0.409 e. The second kappa shape index (κ2) is 4.84. The molecule has 1 rings (SSSR count). The van der Waals surface area contributed by atoms with Crippen molar-refractivity contribution in [1.82, 2.24) is 0 Å². The number of ether oxygens (including phenoxy) is 1. The Balaban J connectivity index is 2.35. The summed E-state index contributed by atoms with van der Waals surface area (Å²) in [5, 5.41) is 13.2. The van der Waals surface area contributed by atoms with Crippen LogP contribution in [0, 0.1) is 0 Å². The molecule has 0 aliphatic carbocycles. The normalized spacial score (nSPS) is 14.4. The summed E-state index contributed by atoms with van der Waals surface area (Å²) >= 11 is 1.62. The van der Waals surface area contributed by atoms with Crippen molar-refractivity contribution in [2.45, 2.75) is 19.6 Å². The predicted molar refractivity (Wildman–Crippen MR) is 52.0 cm³/mol. The summed E-state index contributed by atoms with van der Waals surface area (Å²) in [6, 6.07) is 3.93. The molecule has 0 amide bonds. The molecule has 13 heavy (non-hydrogen) atoms. The van der Waals surface area contributed by atoms with Crippen molar-refractivity contribution in [2.24, 2.45) is 10.9 Å². The first kappa shape index (κ1) is 10.0. The standard InChI is InChI=1S/C8H12N2O2S/c1-6(8(9)10-11)12-5-7-3-2-4-13-7/h2-4,6,11H,5H2,1H3,(H2,9,10). The number of thiophene rings is 1. The molecule has 0 saturated carbocycles. The van der Waals surface area contributed by atoms with Crippen molar-refractivity contribution in [3.63, 3.8) is 0 Å². The van der Waals surface area contributed by atoms with E-state index in [1.54, 1.807) is 18.3 Å². The third-order valence-corrected chi connectivity index (χ3v) is 2.44. The van der Waals surface area contributed by atoms with Crippen LogP contribution in [0.2, 0.25) is 0 Å². The van der Waals surface area contributed by atoms with Gasteiger partial charge in [0, 0.05) is 4.88 Å². The Bertz CT molecular complexity index is 272. The molecule has 1 unspecified atom stereocenters. The highest BCUT2D eigenvalue weighted by Gasteiger charge is 2.07. The quantitative estimate of drug-likeness (QED) is 0.334. The van der Waals surface area contributed by atoms with E-state index in [1.165, 1.54) is 0 Å². The fourth-order valence-corrected chi connectivity index (χ4v) is 1.39. The van der Waals surface area contributed by atoms with E-state index in [-0.39, 0.29) is 11.9 Å². The Morgan fingerprint density at radius 1 is 1.85 bits per heavy atom. The highest BCUT2D eigenvalue weighted by molar-refractivity contribution is 7.09. The molecule has 0 saturated heterocycles. The Morgan fingerprint density at radius 3 is 3.15 bits per heavy atom. The monoisotopic (exact) mass is 200 g/mol. The van der Waals surface area contributed by atoms with Crippen LogP contribution in [0.3, 0.4) is 0 Å². The number of nitrogens with two attached hydrogens (primary N) is 1. The molecule has 5 heteroatoms. The molecule has 1 atom stereocenters. The minimum absolute atomic E-state index is 0.0940. The summed E-state index contributed by atoms with van der Waals surface area (Å²) in [7, 11) is 0. The minimum atomic E-state index is -0.355. The lowest BCUT2D eigenvalue weighted by Crippen LogP contribution is -2.28. The first-order valence-corrected chi connectivity index (χ1v) is 4.73. The van der Waals surface area contributed by atoms with Crippen LogP contribution < -0.4 is 5.73 Å². The van der Waals surface area contributed by atoms with E-state index < -0.39 is 0 Å². The molecule has 0 bridgehead atoms. The topological polar surface area (TPSA) is 67.8 Å². The minimum Gasteiger partial charge on any atom is -0.409 e. The third kappa shape index (κ3) is 3.04. The van der Waals surface area contributed by atoms with Crippen molar-refractivity contribution in [2.75, 3.05) is 0 Å². The summed E-state index contributed by atoms with van der Waals surface area (Å²) in [6.45, 7) is 2.23. The Kier molecular flexibility index (Phi) is 3.72. The zero-order valence-corrected chi connectivity index (χ0v) is 8.12.